The van der Waals surface area contributed by atoms with Crippen molar-refractivity contribution in [2.45, 2.75) is 30.3 Å². The molecule has 0 bridgehead atoms. The molecule has 1 aliphatic rings. The van der Waals surface area contributed by atoms with Crippen LogP contribution in [0.3, 0.4) is 0 Å². The van der Waals surface area contributed by atoms with Crippen molar-refractivity contribution in [3.05, 3.63) is 23.8 Å². The zero-order valence-electron chi connectivity index (χ0n) is 9.43. The van der Waals surface area contributed by atoms with E-state index in [1.807, 2.05) is 18.2 Å². The second-order valence-corrected chi connectivity index (χ2v) is 6.48. The van der Waals surface area contributed by atoms with Crippen LogP contribution in [0.1, 0.15) is 31.1 Å². The SMILES string of the molecule is CC(C)(S)C[C@H](S)c1ccc2c(c1)OCO2. The van der Waals surface area contributed by atoms with Crippen LogP contribution in [0.2, 0.25) is 0 Å². The highest BCUT2D eigenvalue weighted by Gasteiger charge is 2.20. The summed E-state index contributed by atoms with van der Waals surface area (Å²) in [5.41, 5.74) is 1.15. The van der Waals surface area contributed by atoms with Gasteiger partial charge in [-0.3, -0.25) is 0 Å². The predicted molar refractivity (Wildman–Crippen MR) is 72.0 cm³/mol. The summed E-state index contributed by atoms with van der Waals surface area (Å²) >= 11 is 9.13. The minimum atomic E-state index is -0.0250. The third-order valence-electron chi connectivity index (χ3n) is 2.47. The number of fused-ring (bicyclic) bond motifs is 1. The molecule has 0 saturated heterocycles. The van der Waals surface area contributed by atoms with Crippen LogP contribution in [-0.2, 0) is 0 Å². The molecule has 1 heterocycles. The first-order chi connectivity index (χ1) is 7.46. The van der Waals surface area contributed by atoms with Gasteiger partial charge in [-0.15, -0.1) is 0 Å². The van der Waals surface area contributed by atoms with Gasteiger partial charge in [0.1, 0.15) is 0 Å². The monoisotopic (exact) mass is 256 g/mol. The zero-order valence-corrected chi connectivity index (χ0v) is 11.2. The van der Waals surface area contributed by atoms with E-state index in [0.717, 1.165) is 23.5 Å². The molecule has 1 aromatic rings. The molecule has 0 N–H and O–H groups in total. The van der Waals surface area contributed by atoms with Gasteiger partial charge in [-0.05, 0) is 24.1 Å². The lowest BCUT2D eigenvalue weighted by atomic mass is 10.0. The first kappa shape index (κ1) is 12.0. The largest absolute Gasteiger partial charge is 0.454 e. The van der Waals surface area contributed by atoms with Crippen LogP contribution < -0.4 is 9.47 Å². The fourth-order valence-electron chi connectivity index (χ4n) is 1.71. The van der Waals surface area contributed by atoms with Crippen molar-refractivity contribution in [2.75, 3.05) is 6.79 Å². The fourth-order valence-corrected chi connectivity index (χ4v) is 2.66. The van der Waals surface area contributed by atoms with Gasteiger partial charge >= 0.3 is 0 Å². The molecule has 4 heteroatoms. The summed E-state index contributed by atoms with van der Waals surface area (Å²) in [6.45, 7) is 4.49. The van der Waals surface area contributed by atoms with E-state index < -0.39 is 0 Å². The lowest BCUT2D eigenvalue weighted by Crippen LogP contribution is -2.13. The van der Waals surface area contributed by atoms with Crippen molar-refractivity contribution < 1.29 is 9.47 Å². The number of hydrogen-bond acceptors (Lipinski definition) is 4. The molecule has 1 aromatic carbocycles. The molecular formula is C12H16O2S2. The smallest absolute Gasteiger partial charge is 0.231 e. The van der Waals surface area contributed by atoms with E-state index in [1.165, 1.54) is 0 Å². The first-order valence-electron chi connectivity index (χ1n) is 5.26. The van der Waals surface area contributed by atoms with Crippen LogP contribution in [0.15, 0.2) is 18.2 Å². The average molecular weight is 256 g/mol. The molecule has 0 radical (unpaired) electrons. The highest BCUT2D eigenvalue weighted by Crippen LogP contribution is 2.38. The average Bonchev–Trinajstić information content (AvgIpc) is 2.61. The fraction of sp³-hybridized carbons (Fsp3) is 0.500. The van der Waals surface area contributed by atoms with Gasteiger partial charge in [0.25, 0.3) is 0 Å². The van der Waals surface area contributed by atoms with Crippen LogP contribution in [0.4, 0.5) is 0 Å². The van der Waals surface area contributed by atoms with E-state index >= 15 is 0 Å². The van der Waals surface area contributed by atoms with Crippen molar-refractivity contribution in [3.63, 3.8) is 0 Å². The normalized spacial score (nSPS) is 16.2. The third-order valence-corrected chi connectivity index (χ3v) is 3.14. The Bertz CT molecular complexity index is 385. The summed E-state index contributed by atoms with van der Waals surface area (Å²) in [4.78, 5) is 0. The molecule has 0 aliphatic carbocycles. The van der Waals surface area contributed by atoms with Crippen LogP contribution in [0, 0.1) is 0 Å². The Hall–Kier alpha value is -0.480. The summed E-state index contributed by atoms with van der Waals surface area (Å²) in [5.74, 6) is 1.63. The van der Waals surface area contributed by atoms with E-state index in [0.29, 0.717) is 6.79 Å². The molecular weight excluding hydrogens is 240 g/mol. The van der Waals surface area contributed by atoms with Gasteiger partial charge in [0.05, 0.1) is 0 Å². The van der Waals surface area contributed by atoms with Gasteiger partial charge in [0, 0.05) is 10.00 Å². The number of rotatable bonds is 3. The highest BCUT2D eigenvalue weighted by molar-refractivity contribution is 7.82. The molecule has 0 unspecified atom stereocenters. The Labute approximate surface area is 107 Å². The minimum absolute atomic E-state index is 0.0250. The summed E-state index contributed by atoms with van der Waals surface area (Å²) in [6.07, 6.45) is 0.902. The molecule has 0 fully saturated rings. The van der Waals surface area contributed by atoms with Gasteiger partial charge in [0.2, 0.25) is 6.79 Å². The number of thiol groups is 2. The van der Waals surface area contributed by atoms with Gasteiger partial charge in [-0.2, -0.15) is 25.3 Å². The van der Waals surface area contributed by atoms with Gasteiger partial charge < -0.3 is 9.47 Å². The van der Waals surface area contributed by atoms with Crippen LogP contribution in [0.25, 0.3) is 0 Å². The molecule has 16 heavy (non-hydrogen) atoms. The van der Waals surface area contributed by atoms with Gasteiger partial charge in [-0.25, -0.2) is 0 Å². The topological polar surface area (TPSA) is 18.5 Å². The summed E-state index contributed by atoms with van der Waals surface area (Å²) in [7, 11) is 0. The lowest BCUT2D eigenvalue weighted by Gasteiger charge is -2.22. The van der Waals surface area contributed by atoms with E-state index in [9.17, 15) is 0 Å². The predicted octanol–water partition coefficient (Wildman–Crippen LogP) is 3.48. The molecule has 88 valence electrons. The number of hydrogen-bond donors (Lipinski definition) is 2. The van der Waals surface area contributed by atoms with E-state index in [1.54, 1.807) is 0 Å². The Balaban J connectivity index is 2.15. The molecule has 0 saturated carbocycles. The van der Waals surface area contributed by atoms with Gasteiger partial charge in [0.15, 0.2) is 11.5 Å². The Morgan fingerprint density at radius 3 is 2.69 bits per heavy atom. The Morgan fingerprint density at radius 2 is 2.00 bits per heavy atom. The summed E-state index contributed by atoms with van der Waals surface area (Å²) in [5, 5.41) is 0.169. The molecule has 2 nitrogen and oxygen atoms in total. The molecule has 0 amide bonds. The highest BCUT2D eigenvalue weighted by atomic mass is 32.1. The third kappa shape index (κ3) is 2.80. The second-order valence-electron chi connectivity index (χ2n) is 4.65. The number of benzene rings is 1. The van der Waals surface area contributed by atoms with Crippen LogP contribution in [0.5, 0.6) is 11.5 Å². The maximum Gasteiger partial charge on any atom is 0.231 e. The maximum atomic E-state index is 5.34. The number of ether oxygens (including phenoxy) is 2. The van der Waals surface area contributed by atoms with Crippen LogP contribution in [-0.4, -0.2) is 11.5 Å². The molecule has 0 aromatic heterocycles. The van der Waals surface area contributed by atoms with Crippen LogP contribution >= 0.6 is 25.3 Å². The van der Waals surface area contributed by atoms with Crippen molar-refractivity contribution in [2.24, 2.45) is 0 Å². The zero-order chi connectivity index (χ0) is 11.8. The maximum absolute atomic E-state index is 5.34. The van der Waals surface area contributed by atoms with Gasteiger partial charge in [-0.1, -0.05) is 19.9 Å². The van der Waals surface area contributed by atoms with E-state index in [-0.39, 0.29) is 10.00 Å². The second kappa shape index (κ2) is 4.41. The van der Waals surface area contributed by atoms with E-state index in [2.05, 4.69) is 39.1 Å². The van der Waals surface area contributed by atoms with E-state index in [4.69, 9.17) is 9.47 Å². The quantitative estimate of drug-likeness (QED) is 0.807. The first-order valence-corrected chi connectivity index (χ1v) is 6.22. The van der Waals surface area contributed by atoms with Crippen molar-refractivity contribution in [3.8, 4) is 11.5 Å². The van der Waals surface area contributed by atoms with Crippen molar-refractivity contribution in [1.82, 2.24) is 0 Å². The molecule has 1 aliphatic heterocycles. The van der Waals surface area contributed by atoms with Crippen molar-refractivity contribution in [1.29, 1.82) is 0 Å². The summed E-state index contributed by atoms with van der Waals surface area (Å²) < 4.78 is 10.6. The Morgan fingerprint density at radius 1 is 1.31 bits per heavy atom. The minimum Gasteiger partial charge on any atom is -0.454 e. The Kier molecular flexibility index (Phi) is 3.31. The molecule has 2 rings (SSSR count). The lowest BCUT2D eigenvalue weighted by molar-refractivity contribution is 0.174. The summed E-state index contributed by atoms with van der Waals surface area (Å²) in [6, 6.07) is 5.97. The molecule has 1 atom stereocenters. The molecule has 0 spiro atoms. The standard InChI is InChI=1S/C12H16O2S2/c1-12(2,16)6-11(15)8-3-4-9-10(5-8)14-7-13-9/h3-5,11,15-16H,6-7H2,1-2H3/t11-/m0/s1. The van der Waals surface area contributed by atoms with Crippen molar-refractivity contribution >= 4 is 25.3 Å².